The zero-order valence-corrected chi connectivity index (χ0v) is 17.2. The van der Waals surface area contributed by atoms with Gasteiger partial charge in [0.15, 0.2) is 0 Å². The Morgan fingerprint density at radius 3 is 2.71 bits per heavy atom. The summed E-state index contributed by atoms with van der Waals surface area (Å²) in [5.41, 5.74) is 0.967. The predicted octanol–water partition coefficient (Wildman–Crippen LogP) is 4.08. The van der Waals surface area contributed by atoms with Crippen LogP contribution in [0.15, 0.2) is 41.8 Å². The van der Waals surface area contributed by atoms with Gasteiger partial charge in [0.1, 0.15) is 5.75 Å². The number of carbonyl (C=O) groups is 2. The molecule has 2 aromatic rings. The van der Waals surface area contributed by atoms with E-state index in [0.29, 0.717) is 26.1 Å². The van der Waals surface area contributed by atoms with Crippen LogP contribution in [0, 0.1) is 0 Å². The summed E-state index contributed by atoms with van der Waals surface area (Å²) < 4.78 is 5.46. The third-order valence-electron chi connectivity index (χ3n) is 5.08. The average Bonchev–Trinajstić information content (AvgIpc) is 3.20. The molecule has 0 N–H and O–H groups in total. The molecule has 0 spiro atoms. The molecule has 28 heavy (non-hydrogen) atoms. The number of thiophene rings is 1. The number of amides is 2. The molecule has 0 radical (unpaired) electrons. The summed E-state index contributed by atoms with van der Waals surface area (Å²) in [5.74, 6) is 0.850. The Balaban J connectivity index is 1.75. The Morgan fingerprint density at radius 2 is 1.93 bits per heavy atom. The summed E-state index contributed by atoms with van der Waals surface area (Å²) in [6.45, 7) is 1.82. The number of rotatable bonds is 7. The molecule has 2 heterocycles. The van der Waals surface area contributed by atoms with Gasteiger partial charge in [0.2, 0.25) is 11.8 Å². The van der Waals surface area contributed by atoms with Crippen LogP contribution in [-0.2, 0) is 22.7 Å². The first kappa shape index (κ1) is 20.4. The van der Waals surface area contributed by atoms with E-state index in [1.165, 1.54) is 0 Å². The van der Waals surface area contributed by atoms with E-state index in [4.69, 9.17) is 4.74 Å². The van der Waals surface area contributed by atoms with Gasteiger partial charge in [0.25, 0.3) is 0 Å². The topological polar surface area (TPSA) is 49.9 Å². The molecule has 0 aliphatic carbocycles. The number of carbonyl (C=O) groups excluding carboxylic acids is 2. The highest BCUT2D eigenvalue weighted by atomic mass is 32.1. The molecule has 1 aliphatic heterocycles. The zero-order valence-electron chi connectivity index (χ0n) is 16.4. The number of para-hydroxylation sites is 1. The fourth-order valence-corrected chi connectivity index (χ4v) is 4.23. The molecule has 5 nitrogen and oxygen atoms in total. The normalized spacial score (nSPS) is 15.0. The molecule has 0 unspecified atom stereocenters. The monoisotopic (exact) mass is 400 g/mol. The summed E-state index contributed by atoms with van der Waals surface area (Å²) in [5, 5.41) is 2.02. The SMILES string of the molecule is COc1ccccc1CN(Cc1cccs1)C(=O)CN1CCCCCCC1=O. The van der Waals surface area contributed by atoms with Crippen LogP contribution in [0.25, 0.3) is 0 Å². The Bertz CT molecular complexity index is 776. The smallest absolute Gasteiger partial charge is 0.242 e. The van der Waals surface area contributed by atoms with Crippen molar-refractivity contribution >= 4 is 23.2 Å². The fraction of sp³-hybridized carbons (Fsp3) is 0.455. The third-order valence-corrected chi connectivity index (χ3v) is 5.94. The number of hydrogen-bond donors (Lipinski definition) is 0. The molecule has 1 aromatic heterocycles. The van der Waals surface area contributed by atoms with Gasteiger partial charge in [-0.25, -0.2) is 0 Å². The molecule has 150 valence electrons. The second-order valence-electron chi connectivity index (χ2n) is 7.12. The quantitative estimate of drug-likeness (QED) is 0.704. The summed E-state index contributed by atoms with van der Waals surface area (Å²) in [6, 6.07) is 11.8. The average molecular weight is 401 g/mol. The summed E-state index contributed by atoms with van der Waals surface area (Å²) in [6.07, 6.45) is 4.66. The Labute approximate surface area is 170 Å². The number of ether oxygens (including phenoxy) is 1. The zero-order chi connectivity index (χ0) is 19.8. The van der Waals surface area contributed by atoms with Gasteiger partial charge in [0, 0.05) is 30.0 Å². The van der Waals surface area contributed by atoms with Crippen LogP contribution in [0.2, 0.25) is 0 Å². The minimum absolute atomic E-state index is 0.0202. The number of likely N-dealkylation sites (tertiary alicyclic amines) is 1. The van der Waals surface area contributed by atoms with E-state index in [9.17, 15) is 9.59 Å². The Kier molecular flexibility index (Phi) is 7.48. The highest BCUT2D eigenvalue weighted by Crippen LogP contribution is 2.22. The molecule has 1 fully saturated rings. The van der Waals surface area contributed by atoms with Crippen LogP contribution in [0.5, 0.6) is 5.75 Å². The van der Waals surface area contributed by atoms with Crippen LogP contribution in [-0.4, -0.2) is 41.8 Å². The van der Waals surface area contributed by atoms with Crippen LogP contribution >= 0.6 is 11.3 Å². The maximum atomic E-state index is 13.2. The highest BCUT2D eigenvalue weighted by Gasteiger charge is 2.23. The van der Waals surface area contributed by atoms with Crippen molar-refractivity contribution in [1.29, 1.82) is 0 Å². The molecule has 0 atom stereocenters. The lowest BCUT2D eigenvalue weighted by Crippen LogP contribution is -2.43. The Hall–Kier alpha value is -2.34. The van der Waals surface area contributed by atoms with Crippen molar-refractivity contribution in [2.24, 2.45) is 0 Å². The maximum Gasteiger partial charge on any atom is 0.242 e. The molecule has 0 bridgehead atoms. The number of methoxy groups -OCH3 is 1. The van der Waals surface area contributed by atoms with Crippen molar-refractivity contribution < 1.29 is 14.3 Å². The molecule has 0 saturated carbocycles. The van der Waals surface area contributed by atoms with Crippen LogP contribution in [0.3, 0.4) is 0 Å². The van der Waals surface area contributed by atoms with E-state index >= 15 is 0 Å². The number of benzene rings is 1. The largest absolute Gasteiger partial charge is 0.496 e. The van der Waals surface area contributed by atoms with Gasteiger partial charge in [-0.1, -0.05) is 37.1 Å². The minimum atomic E-state index is -0.0202. The molecule has 2 amide bonds. The van der Waals surface area contributed by atoms with Crippen LogP contribution < -0.4 is 4.74 Å². The van der Waals surface area contributed by atoms with E-state index in [1.54, 1.807) is 23.3 Å². The first-order valence-electron chi connectivity index (χ1n) is 9.87. The first-order valence-corrected chi connectivity index (χ1v) is 10.7. The van der Waals surface area contributed by atoms with E-state index in [-0.39, 0.29) is 18.4 Å². The molecular weight excluding hydrogens is 372 g/mol. The summed E-state index contributed by atoms with van der Waals surface area (Å²) in [7, 11) is 1.64. The standard InChI is InChI=1S/C22H28N2O3S/c1-27-20-11-6-5-9-18(20)15-24(16-19-10-8-14-28-19)22(26)17-23-13-7-3-2-4-12-21(23)25/h5-6,8-11,14H,2-4,7,12-13,15-17H2,1H3. The van der Waals surface area contributed by atoms with Gasteiger partial charge in [-0.15, -0.1) is 11.3 Å². The lowest BCUT2D eigenvalue weighted by atomic mass is 10.1. The fourth-order valence-electron chi connectivity index (χ4n) is 3.51. The summed E-state index contributed by atoms with van der Waals surface area (Å²) >= 11 is 1.64. The van der Waals surface area contributed by atoms with Gasteiger partial charge in [0.05, 0.1) is 20.2 Å². The minimum Gasteiger partial charge on any atom is -0.496 e. The van der Waals surface area contributed by atoms with E-state index in [2.05, 4.69) is 0 Å². The van der Waals surface area contributed by atoms with Crippen molar-refractivity contribution in [3.63, 3.8) is 0 Å². The van der Waals surface area contributed by atoms with Crippen molar-refractivity contribution in [1.82, 2.24) is 9.80 Å². The first-order chi connectivity index (χ1) is 13.7. The van der Waals surface area contributed by atoms with Crippen molar-refractivity contribution in [3.05, 3.63) is 52.2 Å². The van der Waals surface area contributed by atoms with E-state index < -0.39 is 0 Å². The molecule has 1 aromatic carbocycles. The number of nitrogens with zero attached hydrogens (tertiary/aromatic N) is 2. The molecule has 6 heteroatoms. The molecular formula is C22H28N2O3S. The maximum absolute atomic E-state index is 13.2. The van der Waals surface area contributed by atoms with Crippen LogP contribution in [0.4, 0.5) is 0 Å². The van der Waals surface area contributed by atoms with Crippen LogP contribution in [0.1, 0.15) is 42.5 Å². The molecule has 3 rings (SSSR count). The second kappa shape index (κ2) is 10.3. The third kappa shape index (κ3) is 5.58. The molecule has 1 aliphatic rings. The Morgan fingerprint density at radius 1 is 1.11 bits per heavy atom. The van der Waals surface area contributed by atoms with Crippen molar-refractivity contribution in [3.8, 4) is 5.75 Å². The van der Waals surface area contributed by atoms with Gasteiger partial charge < -0.3 is 14.5 Å². The van der Waals surface area contributed by atoms with Gasteiger partial charge in [-0.3, -0.25) is 9.59 Å². The van der Waals surface area contributed by atoms with Crippen molar-refractivity contribution in [2.75, 3.05) is 20.2 Å². The van der Waals surface area contributed by atoms with Gasteiger partial charge >= 0.3 is 0 Å². The van der Waals surface area contributed by atoms with Gasteiger partial charge in [-0.2, -0.15) is 0 Å². The molecule has 1 saturated heterocycles. The van der Waals surface area contributed by atoms with E-state index in [1.807, 2.05) is 46.7 Å². The summed E-state index contributed by atoms with van der Waals surface area (Å²) in [4.78, 5) is 30.3. The second-order valence-corrected chi connectivity index (χ2v) is 8.15. The lowest BCUT2D eigenvalue weighted by Gasteiger charge is -2.29. The highest BCUT2D eigenvalue weighted by molar-refractivity contribution is 7.09. The lowest BCUT2D eigenvalue weighted by molar-refractivity contribution is -0.141. The van der Waals surface area contributed by atoms with Crippen molar-refractivity contribution in [2.45, 2.75) is 45.2 Å². The van der Waals surface area contributed by atoms with Gasteiger partial charge in [-0.05, 0) is 30.4 Å². The number of hydrogen-bond acceptors (Lipinski definition) is 4. The predicted molar refractivity (Wildman–Crippen MR) is 111 cm³/mol. The van der Waals surface area contributed by atoms with E-state index in [0.717, 1.165) is 41.9 Å².